The fraction of sp³-hybridized carbons (Fsp3) is 0.409. The summed E-state index contributed by atoms with van der Waals surface area (Å²) in [6, 6.07) is 17.0. The minimum absolute atomic E-state index is 0.0564. The van der Waals surface area contributed by atoms with Gasteiger partial charge in [-0.1, -0.05) is 42.5 Å². The molecule has 3 rings (SSSR count). The predicted octanol–water partition coefficient (Wildman–Crippen LogP) is 3.79. The van der Waals surface area contributed by atoms with E-state index in [2.05, 4.69) is 22.3 Å². The van der Waals surface area contributed by atoms with Crippen LogP contribution in [0.1, 0.15) is 30.4 Å². The van der Waals surface area contributed by atoms with Gasteiger partial charge in [0.2, 0.25) is 5.91 Å². The van der Waals surface area contributed by atoms with Crippen LogP contribution in [0.5, 0.6) is 0 Å². The summed E-state index contributed by atoms with van der Waals surface area (Å²) in [6.45, 7) is 3.28. The Labute approximate surface area is 155 Å². The van der Waals surface area contributed by atoms with Crippen LogP contribution in [0, 0.1) is 11.7 Å². The molecule has 1 atom stereocenters. The molecule has 1 aliphatic heterocycles. The monoisotopic (exact) mass is 354 g/mol. The zero-order valence-corrected chi connectivity index (χ0v) is 15.2. The normalized spacial score (nSPS) is 17.8. The van der Waals surface area contributed by atoms with Crippen molar-refractivity contribution in [2.24, 2.45) is 5.92 Å². The van der Waals surface area contributed by atoms with E-state index in [0.717, 1.165) is 57.4 Å². The molecule has 0 spiro atoms. The van der Waals surface area contributed by atoms with Gasteiger partial charge >= 0.3 is 0 Å². The van der Waals surface area contributed by atoms with E-state index in [-0.39, 0.29) is 17.6 Å². The molecule has 1 heterocycles. The maximum absolute atomic E-state index is 13.0. The third kappa shape index (κ3) is 5.67. The Kier molecular flexibility index (Phi) is 6.78. The molecule has 3 nitrogen and oxygen atoms in total. The van der Waals surface area contributed by atoms with Gasteiger partial charge in [-0.15, -0.1) is 0 Å². The number of carbonyl (C=O) groups excluding carboxylic acids is 1. The van der Waals surface area contributed by atoms with E-state index in [4.69, 9.17) is 0 Å². The molecule has 2 aromatic carbocycles. The number of carbonyl (C=O) groups is 1. The summed E-state index contributed by atoms with van der Waals surface area (Å²) in [5.74, 6) is 0.0166. The van der Waals surface area contributed by atoms with Crippen molar-refractivity contribution >= 4 is 5.91 Å². The van der Waals surface area contributed by atoms with Crippen LogP contribution in [0.2, 0.25) is 0 Å². The van der Waals surface area contributed by atoms with Crippen LogP contribution >= 0.6 is 0 Å². The number of nitrogens with zero attached hydrogens (tertiary/aromatic N) is 1. The number of nitrogens with one attached hydrogen (secondary N) is 1. The Morgan fingerprint density at radius 1 is 1.08 bits per heavy atom. The lowest BCUT2D eigenvalue weighted by Crippen LogP contribution is -2.42. The smallest absolute Gasteiger partial charge is 0.224 e. The van der Waals surface area contributed by atoms with Crippen molar-refractivity contribution in [3.05, 3.63) is 71.5 Å². The standard InChI is InChI=1S/C22H27FN2O/c23-21-12-10-19(11-13-21)16-25-15-5-9-20(17-25)22(26)24-14-4-8-18-6-2-1-3-7-18/h1-3,6-7,10-13,20H,4-5,8-9,14-17H2,(H,24,26)/t20-/m1/s1. The second-order valence-corrected chi connectivity index (χ2v) is 7.08. The van der Waals surface area contributed by atoms with Gasteiger partial charge in [-0.3, -0.25) is 9.69 Å². The minimum atomic E-state index is -0.208. The number of aryl methyl sites for hydroxylation is 1. The summed E-state index contributed by atoms with van der Waals surface area (Å²) in [6.07, 6.45) is 3.93. The van der Waals surface area contributed by atoms with Gasteiger partial charge in [0.15, 0.2) is 0 Å². The molecular formula is C22H27FN2O. The average molecular weight is 354 g/mol. The molecule has 0 saturated carbocycles. The quantitative estimate of drug-likeness (QED) is 0.768. The second kappa shape index (κ2) is 9.48. The largest absolute Gasteiger partial charge is 0.356 e. The highest BCUT2D eigenvalue weighted by molar-refractivity contribution is 5.78. The van der Waals surface area contributed by atoms with Gasteiger partial charge in [0.1, 0.15) is 5.82 Å². The van der Waals surface area contributed by atoms with Gasteiger partial charge in [-0.05, 0) is 55.5 Å². The van der Waals surface area contributed by atoms with E-state index >= 15 is 0 Å². The van der Waals surface area contributed by atoms with Crippen LogP contribution in [0.3, 0.4) is 0 Å². The van der Waals surface area contributed by atoms with Crippen LogP contribution in [-0.4, -0.2) is 30.4 Å². The highest BCUT2D eigenvalue weighted by Gasteiger charge is 2.25. The maximum atomic E-state index is 13.0. The van der Waals surface area contributed by atoms with Crippen molar-refractivity contribution < 1.29 is 9.18 Å². The summed E-state index contributed by atoms with van der Waals surface area (Å²) in [7, 11) is 0. The van der Waals surface area contributed by atoms with Gasteiger partial charge in [0.25, 0.3) is 0 Å². The molecule has 1 N–H and O–H groups in total. The Balaban J connectivity index is 1.40. The Morgan fingerprint density at radius 2 is 1.85 bits per heavy atom. The van der Waals surface area contributed by atoms with E-state index < -0.39 is 0 Å². The van der Waals surface area contributed by atoms with E-state index in [1.165, 1.54) is 17.7 Å². The number of piperidine rings is 1. The summed E-state index contributed by atoms with van der Waals surface area (Å²) < 4.78 is 13.0. The number of likely N-dealkylation sites (tertiary alicyclic amines) is 1. The molecule has 4 heteroatoms. The summed E-state index contributed by atoms with van der Waals surface area (Å²) in [5.41, 5.74) is 2.40. The lowest BCUT2D eigenvalue weighted by Gasteiger charge is -2.32. The lowest BCUT2D eigenvalue weighted by atomic mass is 9.96. The van der Waals surface area contributed by atoms with Crippen LogP contribution in [0.15, 0.2) is 54.6 Å². The summed E-state index contributed by atoms with van der Waals surface area (Å²) in [4.78, 5) is 14.8. The van der Waals surface area contributed by atoms with Crippen molar-refractivity contribution in [3.8, 4) is 0 Å². The molecule has 1 saturated heterocycles. The number of rotatable bonds is 7. The molecule has 0 bridgehead atoms. The van der Waals surface area contributed by atoms with Crippen molar-refractivity contribution in [2.45, 2.75) is 32.2 Å². The van der Waals surface area contributed by atoms with Gasteiger partial charge < -0.3 is 5.32 Å². The third-order valence-electron chi connectivity index (χ3n) is 4.98. The first-order chi connectivity index (χ1) is 12.7. The number of halogens is 1. The molecule has 0 radical (unpaired) electrons. The zero-order valence-electron chi connectivity index (χ0n) is 15.2. The molecule has 0 unspecified atom stereocenters. The van der Waals surface area contributed by atoms with Crippen LogP contribution in [0.25, 0.3) is 0 Å². The minimum Gasteiger partial charge on any atom is -0.356 e. The first-order valence-electron chi connectivity index (χ1n) is 9.49. The van der Waals surface area contributed by atoms with Gasteiger partial charge in [-0.2, -0.15) is 0 Å². The predicted molar refractivity (Wildman–Crippen MR) is 102 cm³/mol. The Hall–Kier alpha value is -2.20. The number of benzene rings is 2. The molecule has 26 heavy (non-hydrogen) atoms. The average Bonchev–Trinajstić information content (AvgIpc) is 2.68. The number of hydrogen-bond donors (Lipinski definition) is 1. The highest BCUT2D eigenvalue weighted by Crippen LogP contribution is 2.19. The van der Waals surface area contributed by atoms with Crippen molar-refractivity contribution in [3.63, 3.8) is 0 Å². The topological polar surface area (TPSA) is 32.3 Å². The van der Waals surface area contributed by atoms with Crippen LogP contribution < -0.4 is 5.32 Å². The van der Waals surface area contributed by atoms with E-state index in [1.54, 1.807) is 0 Å². The first-order valence-corrected chi connectivity index (χ1v) is 9.49. The molecule has 1 amide bonds. The Bertz CT molecular complexity index is 687. The van der Waals surface area contributed by atoms with Crippen molar-refractivity contribution in [1.29, 1.82) is 0 Å². The molecule has 0 aliphatic carbocycles. The fourth-order valence-corrected chi connectivity index (χ4v) is 3.55. The van der Waals surface area contributed by atoms with Crippen LogP contribution in [-0.2, 0) is 17.8 Å². The van der Waals surface area contributed by atoms with Gasteiger partial charge in [0.05, 0.1) is 5.92 Å². The first kappa shape index (κ1) is 18.6. The number of hydrogen-bond acceptors (Lipinski definition) is 2. The van der Waals surface area contributed by atoms with Crippen LogP contribution in [0.4, 0.5) is 4.39 Å². The Morgan fingerprint density at radius 3 is 2.62 bits per heavy atom. The fourth-order valence-electron chi connectivity index (χ4n) is 3.55. The molecule has 1 aliphatic rings. The molecular weight excluding hydrogens is 327 g/mol. The zero-order chi connectivity index (χ0) is 18.2. The molecule has 2 aromatic rings. The van der Waals surface area contributed by atoms with Gasteiger partial charge in [0, 0.05) is 19.6 Å². The van der Waals surface area contributed by atoms with Crippen molar-refractivity contribution in [2.75, 3.05) is 19.6 Å². The summed E-state index contributed by atoms with van der Waals surface area (Å²) >= 11 is 0. The van der Waals surface area contributed by atoms with E-state index in [1.807, 2.05) is 30.3 Å². The maximum Gasteiger partial charge on any atom is 0.224 e. The molecule has 138 valence electrons. The number of amides is 1. The molecule has 0 aromatic heterocycles. The van der Waals surface area contributed by atoms with Gasteiger partial charge in [-0.25, -0.2) is 4.39 Å². The lowest BCUT2D eigenvalue weighted by molar-refractivity contribution is -0.126. The van der Waals surface area contributed by atoms with Crippen molar-refractivity contribution in [1.82, 2.24) is 10.2 Å². The van der Waals surface area contributed by atoms with E-state index in [9.17, 15) is 9.18 Å². The summed E-state index contributed by atoms with van der Waals surface area (Å²) in [5, 5.41) is 3.10. The SMILES string of the molecule is O=C(NCCCc1ccccc1)[C@@H]1CCCN(Cc2ccc(F)cc2)C1. The third-order valence-corrected chi connectivity index (χ3v) is 4.98. The van der Waals surface area contributed by atoms with E-state index in [0.29, 0.717) is 0 Å². The highest BCUT2D eigenvalue weighted by atomic mass is 19.1. The molecule has 1 fully saturated rings. The second-order valence-electron chi connectivity index (χ2n) is 7.08.